The summed E-state index contributed by atoms with van der Waals surface area (Å²) in [5, 5.41) is 4.15. The lowest BCUT2D eigenvalue weighted by atomic mass is 10.3. The Hall–Kier alpha value is -3.00. The van der Waals surface area contributed by atoms with Crippen molar-refractivity contribution in [2.45, 2.75) is 4.90 Å². The van der Waals surface area contributed by atoms with E-state index in [1.165, 1.54) is 26.4 Å². The fourth-order valence-electron chi connectivity index (χ4n) is 2.36. The third kappa shape index (κ3) is 3.43. The number of hydrogen-bond donors (Lipinski definition) is 1. The van der Waals surface area contributed by atoms with Crippen LogP contribution in [0.25, 0.3) is 5.69 Å². The molecule has 3 rings (SSSR count). The molecule has 0 bridgehead atoms. The molecule has 0 saturated carbocycles. The minimum absolute atomic E-state index is 0.0698. The molecule has 1 N–H and O–H groups in total. The summed E-state index contributed by atoms with van der Waals surface area (Å²) in [5.41, 5.74) is 1.04. The quantitative estimate of drug-likeness (QED) is 0.732. The number of nitrogens with one attached hydrogen (secondary N) is 1. The van der Waals surface area contributed by atoms with Crippen LogP contribution in [0.2, 0.25) is 0 Å². The van der Waals surface area contributed by atoms with Crippen molar-refractivity contribution in [1.82, 2.24) is 9.78 Å². The van der Waals surface area contributed by atoms with Crippen molar-refractivity contribution >= 4 is 15.7 Å². The first-order chi connectivity index (χ1) is 12.0. The molecule has 0 unspecified atom stereocenters. The van der Waals surface area contributed by atoms with Crippen molar-refractivity contribution < 1.29 is 17.9 Å². The number of rotatable bonds is 6. The summed E-state index contributed by atoms with van der Waals surface area (Å²) in [6, 6.07) is 13.2. The Morgan fingerprint density at radius 1 is 1.00 bits per heavy atom. The second-order valence-corrected chi connectivity index (χ2v) is 6.77. The Bertz CT molecular complexity index is 969. The van der Waals surface area contributed by atoms with Gasteiger partial charge in [0.05, 0.1) is 30.5 Å². The lowest BCUT2D eigenvalue weighted by molar-refractivity contribution is 0.354. The maximum atomic E-state index is 12.8. The molecule has 7 nitrogen and oxygen atoms in total. The van der Waals surface area contributed by atoms with E-state index in [0.29, 0.717) is 22.9 Å². The highest BCUT2D eigenvalue weighted by Crippen LogP contribution is 2.30. The van der Waals surface area contributed by atoms with Crippen molar-refractivity contribution in [1.29, 1.82) is 0 Å². The van der Waals surface area contributed by atoms with Crippen LogP contribution in [-0.2, 0) is 10.0 Å². The molecule has 0 radical (unpaired) electrons. The van der Waals surface area contributed by atoms with Crippen molar-refractivity contribution in [3.8, 4) is 17.2 Å². The van der Waals surface area contributed by atoms with Crippen LogP contribution in [-0.4, -0.2) is 32.4 Å². The van der Waals surface area contributed by atoms with E-state index in [9.17, 15) is 8.42 Å². The number of ether oxygens (including phenoxy) is 2. The van der Waals surface area contributed by atoms with Gasteiger partial charge in [0.2, 0.25) is 0 Å². The molecule has 0 fully saturated rings. The van der Waals surface area contributed by atoms with Gasteiger partial charge in [-0.2, -0.15) is 5.10 Å². The van der Waals surface area contributed by atoms with E-state index >= 15 is 0 Å². The second-order valence-electron chi connectivity index (χ2n) is 5.09. The molecule has 0 amide bonds. The monoisotopic (exact) mass is 359 g/mol. The maximum absolute atomic E-state index is 12.8. The van der Waals surface area contributed by atoms with Crippen LogP contribution in [0, 0.1) is 0 Å². The first-order valence-electron chi connectivity index (χ1n) is 7.39. The molecule has 130 valence electrons. The molecule has 0 aliphatic carbocycles. The first kappa shape index (κ1) is 16.8. The third-order valence-corrected chi connectivity index (χ3v) is 4.93. The van der Waals surface area contributed by atoms with E-state index in [2.05, 4.69) is 9.82 Å². The predicted octanol–water partition coefficient (Wildman–Crippen LogP) is 2.69. The number of benzene rings is 2. The van der Waals surface area contributed by atoms with E-state index in [0.717, 1.165) is 0 Å². The number of hydrogen-bond acceptors (Lipinski definition) is 5. The summed E-state index contributed by atoms with van der Waals surface area (Å²) >= 11 is 0. The lowest BCUT2D eigenvalue weighted by Crippen LogP contribution is -2.15. The van der Waals surface area contributed by atoms with Gasteiger partial charge in [-0.3, -0.25) is 4.72 Å². The average Bonchev–Trinajstić information content (AvgIpc) is 3.15. The van der Waals surface area contributed by atoms with Crippen LogP contribution in [0.5, 0.6) is 11.5 Å². The molecule has 0 aliphatic heterocycles. The summed E-state index contributed by atoms with van der Waals surface area (Å²) in [6.45, 7) is 0. The van der Waals surface area contributed by atoms with Crippen LogP contribution in [0.1, 0.15) is 0 Å². The zero-order valence-corrected chi connectivity index (χ0v) is 14.5. The molecule has 0 atom stereocenters. The van der Waals surface area contributed by atoms with Crippen molar-refractivity contribution in [3.05, 3.63) is 60.9 Å². The lowest BCUT2D eigenvalue weighted by Gasteiger charge is -2.14. The van der Waals surface area contributed by atoms with E-state index in [4.69, 9.17) is 9.47 Å². The second kappa shape index (κ2) is 6.86. The number of aromatic nitrogens is 2. The van der Waals surface area contributed by atoms with E-state index < -0.39 is 10.0 Å². The summed E-state index contributed by atoms with van der Waals surface area (Å²) in [7, 11) is -0.867. The SMILES string of the molecule is COc1ccc(S(=O)(=O)Nc2ccccc2-n2cccn2)cc1OC. The fraction of sp³-hybridized carbons (Fsp3) is 0.118. The molecule has 0 spiro atoms. The van der Waals surface area contributed by atoms with Crippen LogP contribution in [0.15, 0.2) is 65.8 Å². The Kier molecular flexibility index (Phi) is 4.62. The van der Waals surface area contributed by atoms with Crippen LogP contribution >= 0.6 is 0 Å². The molecule has 25 heavy (non-hydrogen) atoms. The minimum atomic E-state index is -3.81. The smallest absolute Gasteiger partial charge is 0.262 e. The first-order valence-corrected chi connectivity index (χ1v) is 8.87. The van der Waals surface area contributed by atoms with Gasteiger partial charge in [0.25, 0.3) is 10.0 Å². The van der Waals surface area contributed by atoms with Crippen molar-refractivity contribution in [3.63, 3.8) is 0 Å². The molecule has 8 heteroatoms. The molecule has 2 aromatic carbocycles. The summed E-state index contributed by atoms with van der Waals surface area (Å²) in [4.78, 5) is 0.0698. The van der Waals surface area contributed by atoms with Gasteiger partial charge in [-0.15, -0.1) is 0 Å². The molecule has 0 saturated heterocycles. The zero-order valence-electron chi connectivity index (χ0n) is 13.7. The summed E-state index contributed by atoms with van der Waals surface area (Å²) in [6.07, 6.45) is 3.36. The van der Waals surface area contributed by atoms with Gasteiger partial charge < -0.3 is 9.47 Å². The Morgan fingerprint density at radius 3 is 2.44 bits per heavy atom. The van der Waals surface area contributed by atoms with Crippen LogP contribution in [0.3, 0.4) is 0 Å². The zero-order chi connectivity index (χ0) is 17.9. The van der Waals surface area contributed by atoms with Crippen molar-refractivity contribution in [2.75, 3.05) is 18.9 Å². The number of sulfonamides is 1. The van der Waals surface area contributed by atoms with Gasteiger partial charge in [0.1, 0.15) is 0 Å². The number of methoxy groups -OCH3 is 2. The van der Waals surface area contributed by atoms with E-state index in [1.807, 2.05) is 6.07 Å². The standard InChI is InChI=1S/C17H17N3O4S/c1-23-16-9-8-13(12-17(16)24-2)25(21,22)19-14-6-3-4-7-15(14)20-11-5-10-18-20/h3-12,19H,1-2H3. The Morgan fingerprint density at radius 2 is 1.76 bits per heavy atom. The number of para-hydroxylation sites is 2. The maximum Gasteiger partial charge on any atom is 0.262 e. The fourth-order valence-corrected chi connectivity index (χ4v) is 3.45. The Labute approximate surface area is 145 Å². The topological polar surface area (TPSA) is 82.5 Å². The van der Waals surface area contributed by atoms with Gasteiger partial charge in [-0.1, -0.05) is 12.1 Å². The van der Waals surface area contributed by atoms with E-state index in [1.54, 1.807) is 47.4 Å². The molecule has 1 aromatic heterocycles. The largest absolute Gasteiger partial charge is 0.493 e. The number of anilines is 1. The molecular weight excluding hydrogens is 342 g/mol. The van der Waals surface area contributed by atoms with Gasteiger partial charge in [0, 0.05) is 18.5 Å². The molecule has 1 heterocycles. The van der Waals surface area contributed by atoms with Crippen LogP contribution in [0.4, 0.5) is 5.69 Å². The van der Waals surface area contributed by atoms with Gasteiger partial charge in [-0.05, 0) is 30.3 Å². The Balaban J connectivity index is 1.98. The molecular formula is C17H17N3O4S. The minimum Gasteiger partial charge on any atom is -0.493 e. The summed E-state index contributed by atoms with van der Waals surface area (Å²) in [5.74, 6) is 0.795. The highest BCUT2D eigenvalue weighted by Gasteiger charge is 2.19. The van der Waals surface area contributed by atoms with E-state index in [-0.39, 0.29) is 4.90 Å². The van der Waals surface area contributed by atoms with Gasteiger partial charge >= 0.3 is 0 Å². The van der Waals surface area contributed by atoms with Gasteiger partial charge in [-0.25, -0.2) is 13.1 Å². The highest BCUT2D eigenvalue weighted by atomic mass is 32.2. The predicted molar refractivity (Wildman–Crippen MR) is 93.9 cm³/mol. The third-order valence-electron chi connectivity index (χ3n) is 3.56. The van der Waals surface area contributed by atoms with Crippen LogP contribution < -0.4 is 14.2 Å². The molecule has 3 aromatic rings. The summed E-state index contributed by atoms with van der Waals surface area (Å²) < 4.78 is 40.0. The normalized spacial score (nSPS) is 11.1. The highest BCUT2D eigenvalue weighted by molar-refractivity contribution is 7.92. The average molecular weight is 359 g/mol. The van der Waals surface area contributed by atoms with Crippen molar-refractivity contribution in [2.24, 2.45) is 0 Å². The molecule has 0 aliphatic rings. The number of nitrogens with zero attached hydrogens (tertiary/aromatic N) is 2. The van der Waals surface area contributed by atoms with Gasteiger partial charge in [0.15, 0.2) is 11.5 Å².